The van der Waals surface area contributed by atoms with Gasteiger partial charge in [-0.15, -0.1) is 0 Å². The van der Waals surface area contributed by atoms with Crippen molar-refractivity contribution in [3.8, 4) is 11.5 Å². The van der Waals surface area contributed by atoms with Crippen molar-refractivity contribution in [2.45, 2.75) is 74.3 Å². The summed E-state index contributed by atoms with van der Waals surface area (Å²) in [5, 5.41) is 32.6. The topological polar surface area (TPSA) is 162 Å². The highest BCUT2D eigenvalue weighted by Crippen LogP contribution is 2.40. The minimum Gasteiger partial charge on any atom is -0.508 e. The molecule has 0 aromatic heterocycles. The first-order chi connectivity index (χ1) is 17.1. The van der Waals surface area contributed by atoms with Crippen molar-refractivity contribution in [1.29, 1.82) is 0 Å². The van der Waals surface area contributed by atoms with Gasteiger partial charge in [0.05, 0.1) is 0 Å². The summed E-state index contributed by atoms with van der Waals surface area (Å²) in [6.07, 6.45) is 5.63. The predicted molar refractivity (Wildman–Crippen MR) is 133 cm³/mol. The van der Waals surface area contributed by atoms with E-state index in [2.05, 4.69) is 10.6 Å². The first-order valence-corrected chi connectivity index (χ1v) is 12.3. The van der Waals surface area contributed by atoms with Gasteiger partial charge in [0.1, 0.15) is 22.6 Å². The lowest BCUT2D eigenvalue weighted by Gasteiger charge is -2.34. The molecule has 9 heteroatoms. The molecule has 5 rings (SSSR count). The zero-order valence-electron chi connectivity index (χ0n) is 20.1. The molecule has 192 valence electrons. The van der Waals surface area contributed by atoms with E-state index in [-0.39, 0.29) is 23.4 Å². The number of phenols is 2. The third-order valence-electron chi connectivity index (χ3n) is 7.89. The van der Waals surface area contributed by atoms with Crippen LogP contribution in [0, 0.1) is 0 Å². The van der Waals surface area contributed by atoms with E-state index in [4.69, 9.17) is 10.8 Å². The average Bonchev–Trinajstić information content (AvgIpc) is 3.13. The summed E-state index contributed by atoms with van der Waals surface area (Å²) >= 11 is 0. The zero-order valence-corrected chi connectivity index (χ0v) is 20.1. The third kappa shape index (κ3) is 5.46. The maximum atomic E-state index is 11.8. The van der Waals surface area contributed by atoms with Crippen LogP contribution >= 0.6 is 0 Å². The van der Waals surface area contributed by atoms with Crippen LogP contribution in [-0.4, -0.2) is 44.3 Å². The Balaban J connectivity index is 0.000000170. The lowest BCUT2D eigenvalue weighted by Crippen LogP contribution is -2.50. The summed E-state index contributed by atoms with van der Waals surface area (Å²) in [5.74, 6) is 0.160. The van der Waals surface area contributed by atoms with Gasteiger partial charge in [-0.05, 0) is 98.6 Å². The van der Waals surface area contributed by atoms with Crippen molar-refractivity contribution in [2.24, 2.45) is 5.73 Å². The van der Waals surface area contributed by atoms with Crippen molar-refractivity contribution in [2.75, 3.05) is 0 Å². The Morgan fingerprint density at radius 3 is 1.56 bits per heavy atom. The number of aliphatic carboxylic acids is 1. The van der Waals surface area contributed by atoms with E-state index in [9.17, 15) is 24.6 Å². The molecule has 0 atom stereocenters. The Labute approximate surface area is 209 Å². The number of hydrogen-bond donors (Lipinski definition) is 6. The molecule has 7 N–H and O–H groups in total. The van der Waals surface area contributed by atoms with Crippen LogP contribution in [0.15, 0.2) is 48.5 Å². The van der Waals surface area contributed by atoms with Gasteiger partial charge in [-0.2, -0.15) is 0 Å². The number of amides is 3. The summed E-state index contributed by atoms with van der Waals surface area (Å²) < 4.78 is 0. The predicted octanol–water partition coefficient (Wildman–Crippen LogP) is 3.46. The second-order valence-corrected chi connectivity index (χ2v) is 10.2. The van der Waals surface area contributed by atoms with Crippen LogP contribution in [0.5, 0.6) is 11.5 Å². The zero-order chi connectivity index (χ0) is 25.9. The Bertz CT molecular complexity index is 1100. The molecule has 1 saturated heterocycles. The number of nitrogens with two attached hydrogens (primary N) is 1. The SMILES string of the molecule is NC1(C(=O)O)CCC(c2ccc(O)cc2)CC1.O=C1NC(=O)C2(CCC(c3ccc(O)cc3)CC2)N1. The van der Waals surface area contributed by atoms with Crippen molar-refractivity contribution in [1.82, 2.24) is 10.6 Å². The molecule has 1 spiro atoms. The van der Waals surface area contributed by atoms with Gasteiger partial charge in [-0.3, -0.25) is 14.9 Å². The van der Waals surface area contributed by atoms with Gasteiger partial charge in [0.15, 0.2) is 0 Å². The normalized spacial score (nSPS) is 29.6. The Morgan fingerprint density at radius 2 is 1.19 bits per heavy atom. The molecule has 2 saturated carbocycles. The molecule has 1 aliphatic heterocycles. The molecule has 3 amide bonds. The quantitative estimate of drug-likeness (QED) is 0.355. The van der Waals surface area contributed by atoms with Crippen LogP contribution in [0.3, 0.4) is 0 Å². The second-order valence-electron chi connectivity index (χ2n) is 10.2. The number of carboxylic acids is 1. The standard InChI is InChI=1S/C14H16N2O3.C13H17NO3/c17-11-3-1-9(2-4-11)10-5-7-14(8-6-10)12(18)15-13(19)16-14;14-13(12(16)17)7-5-10(6-8-13)9-1-3-11(15)4-2-9/h1-4,10,17H,5-8H2,(H2,15,16,18,19);1-4,10,15H,5-8,14H2,(H,16,17). The fourth-order valence-corrected chi connectivity index (χ4v) is 5.50. The molecule has 3 fully saturated rings. The maximum absolute atomic E-state index is 11.8. The van der Waals surface area contributed by atoms with Gasteiger partial charge in [-0.25, -0.2) is 4.79 Å². The highest BCUT2D eigenvalue weighted by molar-refractivity contribution is 6.07. The molecule has 0 bridgehead atoms. The summed E-state index contributed by atoms with van der Waals surface area (Å²) in [6, 6.07) is 13.9. The van der Waals surface area contributed by atoms with Crippen LogP contribution in [0.2, 0.25) is 0 Å². The van der Waals surface area contributed by atoms with E-state index < -0.39 is 17.0 Å². The molecular formula is C27H33N3O6. The largest absolute Gasteiger partial charge is 0.508 e. The van der Waals surface area contributed by atoms with Gasteiger partial charge in [-0.1, -0.05) is 24.3 Å². The Hall–Kier alpha value is -3.59. The van der Waals surface area contributed by atoms with Crippen LogP contribution in [0.1, 0.15) is 74.3 Å². The Morgan fingerprint density at radius 1 is 0.778 bits per heavy atom. The number of rotatable bonds is 3. The number of carboxylic acid groups (broad SMARTS) is 1. The first kappa shape index (κ1) is 25.5. The number of phenolic OH excluding ortho intramolecular Hbond substituents is 2. The summed E-state index contributed by atoms with van der Waals surface area (Å²) in [6.45, 7) is 0. The molecule has 2 aliphatic carbocycles. The van der Waals surface area contributed by atoms with Crippen LogP contribution in [-0.2, 0) is 9.59 Å². The molecular weight excluding hydrogens is 462 g/mol. The molecule has 36 heavy (non-hydrogen) atoms. The Kier molecular flexibility index (Phi) is 7.21. The summed E-state index contributed by atoms with van der Waals surface area (Å²) in [7, 11) is 0. The van der Waals surface area contributed by atoms with Crippen LogP contribution in [0.25, 0.3) is 0 Å². The number of carbonyl (C=O) groups is 3. The third-order valence-corrected chi connectivity index (χ3v) is 7.89. The number of hydrogen-bond acceptors (Lipinski definition) is 6. The van der Waals surface area contributed by atoms with Gasteiger partial charge >= 0.3 is 12.0 Å². The van der Waals surface area contributed by atoms with Gasteiger partial charge in [0.2, 0.25) is 0 Å². The first-order valence-electron chi connectivity index (χ1n) is 12.3. The molecule has 2 aromatic rings. The highest BCUT2D eigenvalue weighted by Gasteiger charge is 2.48. The van der Waals surface area contributed by atoms with Crippen molar-refractivity contribution < 1.29 is 29.7 Å². The molecule has 3 aliphatic rings. The molecule has 0 unspecified atom stereocenters. The fraction of sp³-hybridized carbons (Fsp3) is 0.444. The number of carbonyl (C=O) groups excluding carboxylic acids is 2. The van der Waals surface area contributed by atoms with Gasteiger partial charge in [0, 0.05) is 0 Å². The monoisotopic (exact) mass is 495 g/mol. The van der Waals surface area contributed by atoms with E-state index in [0.717, 1.165) is 31.2 Å². The lowest BCUT2D eigenvalue weighted by molar-refractivity contribution is -0.144. The second kappa shape index (κ2) is 10.2. The van der Waals surface area contributed by atoms with Gasteiger partial charge < -0.3 is 26.4 Å². The van der Waals surface area contributed by atoms with Crippen LogP contribution < -0.4 is 16.4 Å². The summed E-state index contributed by atoms with van der Waals surface area (Å²) in [4.78, 5) is 34.1. The van der Waals surface area contributed by atoms with E-state index in [1.807, 2.05) is 24.3 Å². The van der Waals surface area contributed by atoms with Crippen molar-refractivity contribution in [3.05, 3.63) is 59.7 Å². The maximum Gasteiger partial charge on any atom is 0.323 e. The van der Waals surface area contributed by atoms with E-state index in [1.54, 1.807) is 24.3 Å². The number of nitrogens with one attached hydrogen (secondary N) is 2. The van der Waals surface area contributed by atoms with E-state index in [1.165, 1.54) is 5.56 Å². The fourth-order valence-electron chi connectivity index (χ4n) is 5.50. The van der Waals surface area contributed by atoms with Crippen molar-refractivity contribution in [3.63, 3.8) is 0 Å². The van der Waals surface area contributed by atoms with Gasteiger partial charge in [0.25, 0.3) is 5.91 Å². The van der Waals surface area contributed by atoms with Crippen molar-refractivity contribution >= 4 is 17.9 Å². The molecule has 1 heterocycles. The number of urea groups is 1. The minimum atomic E-state index is -1.05. The summed E-state index contributed by atoms with van der Waals surface area (Å²) in [5.41, 5.74) is 6.42. The minimum absolute atomic E-state index is 0.193. The van der Waals surface area contributed by atoms with E-state index >= 15 is 0 Å². The number of imide groups is 1. The van der Waals surface area contributed by atoms with Crippen LogP contribution in [0.4, 0.5) is 4.79 Å². The smallest absolute Gasteiger partial charge is 0.323 e. The lowest BCUT2D eigenvalue weighted by atomic mass is 9.74. The molecule has 0 radical (unpaired) electrons. The van der Waals surface area contributed by atoms with E-state index in [0.29, 0.717) is 37.5 Å². The molecule has 9 nitrogen and oxygen atoms in total. The average molecular weight is 496 g/mol. The highest BCUT2D eigenvalue weighted by atomic mass is 16.4. The molecule has 2 aromatic carbocycles. The number of benzene rings is 2. The number of aromatic hydroxyl groups is 2.